The molecular weight excluding hydrogens is 254 g/mol. The average Bonchev–Trinajstić information content (AvgIpc) is 2.98. The Balaban J connectivity index is 1.97. The SMILES string of the molecule is NNc1cccc(-c2nc(-c3ccccc3)cs2)c1. The van der Waals surface area contributed by atoms with Crippen LogP contribution in [0, 0.1) is 0 Å². The second-order valence-corrected chi connectivity index (χ2v) is 4.99. The van der Waals surface area contributed by atoms with Crippen LogP contribution >= 0.6 is 11.3 Å². The number of thiazole rings is 1. The number of rotatable bonds is 3. The number of aromatic nitrogens is 1. The van der Waals surface area contributed by atoms with Crippen molar-refractivity contribution in [3.05, 3.63) is 60.0 Å². The number of hydrazine groups is 1. The average molecular weight is 267 g/mol. The fourth-order valence-corrected chi connectivity index (χ4v) is 2.72. The molecule has 1 aromatic heterocycles. The van der Waals surface area contributed by atoms with Gasteiger partial charge in [0.15, 0.2) is 0 Å². The smallest absolute Gasteiger partial charge is 0.124 e. The van der Waals surface area contributed by atoms with Crippen LogP contribution in [0.5, 0.6) is 0 Å². The van der Waals surface area contributed by atoms with Gasteiger partial charge < -0.3 is 5.43 Å². The first-order valence-corrected chi connectivity index (χ1v) is 6.83. The molecule has 0 amide bonds. The molecule has 3 rings (SSSR count). The summed E-state index contributed by atoms with van der Waals surface area (Å²) in [5, 5.41) is 3.07. The fraction of sp³-hybridized carbons (Fsp3) is 0. The van der Waals surface area contributed by atoms with E-state index in [1.165, 1.54) is 0 Å². The van der Waals surface area contributed by atoms with E-state index in [4.69, 9.17) is 5.84 Å². The number of anilines is 1. The maximum absolute atomic E-state index is 5.43. The van der Waals surface area contributed by atoms with E-state index in [1.807, 2.05) is 42.5 Å². The van der Waals surface area contributed by atoms with Crippen LogP contribution in [-0.2, 0) is 0 Å². The minimum atomic E-state index is 0.883. The molecule has 94 valence electrons. The molecule has 0 spiro atoms. The highest BCUT2D eigenvalue weighted by Gasteiger charge is 2.06. The standard InChI is InChI=1S/C15H13N3S/c16-18-13-8-4-7-12(9-13)15-17-14(10-19-15)11-5-2-1-3-6-11/h1-10,18H,16H2. The van der Waals surface area contributed by atoms with Gasteiger partial charge in [0.2, 0.25) is 0 Å². The molecule has 0 saturated heterocycles. The predicted octanol–water partition coefficient (Wildman–Crippen LogP) is 3.76. The van der Waals surface area contributed by atoms with Gasteiger partial charge in [0.25, 0.3) is 0 Å². The minimum Gasteiger partial charge on any atom is -0.324 e. The highest BCUT2D eigenvalue weighted by molar-refractivity contribution is 7.13. The second kappa shape index (κ2) is 5.22. The van der Waals surface area contributed by atoms with Crippen LogP contribution in [0.3, 0.4) is 0 Å². The largest absolute Gasteiger partial charge is 0.324 e. The molecule has 3 nitrogen and oxygen atoms in total. The number of nitrogen functional groups attached to an aromatic ring is 1. The Morgan fingerprint density at radius 1 is 0.947 bits per heavy atom. The van der Waals surface area contributed by atoms with E-state index in [-0.39, 0.29) is 0 Å². The maximum atomic E-state index is 5.43. The molecule has 0 unspecified atom stereocenters. The first kappa shape index (κ1) is 11.9. The van der Waals surface area contributed by atoms with Crippen molar-refractivity contribution in [2.75, 3.05) is 5.43 Å². The van der Waals surface area contributed by atoms with E-state index in [1.54, 1.807) is 11.3 Å². The number of nitrogens with zero attached hydrogens (tertiary/aromatic N) is 1. The van der Waals surface area contributed by atoms with Crippen LogP contribution in [0.2, 0.25) is 0 Å². The summed E-state index contributed by atoms with van der Waals surface area (Å²) in [6.07, 6.45) is 0. The third-order valence-corrected chi connectivity index (χ3v) is 3.74. The van der Waals surface area contributed by atoms with Gasteiger partial charge in [-0.15, -0.1) is 11.3 Å². The number of nitrogens with two attached hydrogens (primary N) is 1. The summed E-state index contributed by atoms with van der Waals surface area (Å²) >= 11 is 1.64. The van der Waals surface area contributed by atoms with Crippen molar-refractivity contribution in [2.45, 2.75) is 0 Å². The van der Waals surface area contributed by atoms with Crippen LogP contribution in [-0.4, -0.2) is 4.98 Å². The lowest BCUT2D eigenvalue weighted by molar-refractivity contribution is 1.35. The van der Waals surface area contributed by atoms with Gasteiger partial charge in [-0.05, 0) is 12.1 Å². The summed E-state index contributed by atoms with van der Waals surface area (Å²) in [6, 6.07) is 18.1. The molecule has 0 aliphatic rings. The summed E-state index contributed by atoms with van der Waals surface area (Å²) < 4.78 is 0. The van der Waals surface area contributed by atoms with Gasteiger partial charge >= 0.3 is 0 Å². The van der Waals surface area contributed by atoms with Crippen LogP contribution in [0.25, 0.3) is 21.8 Å². The van der Waals surface area contributed by atoms with Crippen LogP contribution in [0.15, 0.2) is 60.0 Å². The summed E-state index contributed by atoms with van der Waals surface area (Å²) in [4.78, 5) is 4.68. The molecular formula is C15H13N3S. The number of nitrogens with one attached hydrogen (secondary N) is 1. The quantitative estimate of drug-likeness (QED) is 0.561. The van der Waals surface area contributed by atoms with Gasteiger partial charge in [-0.3, -0.25) is 5.84 Å². The first-order valence-electron chi connectivity index (χ1n) is 5.95. The minimum absolute atomic E-state index is 0.883. The van der Waals surface area contributed by atoms with Crippen molar-refractivity contribution in [2.24, 2.45) is 5.84 Å². The highest BCUT2D eigenvalue weighted by atomic mass is 32.1. The molecule has 0 fully saturated rings. The zero-order valence-corrected chi connectivity index (χ0v) is 11.0. The molecule has 3 aromatic rings. The number of hydrogen-bond donors (Lipinski definition) is 2. The molecule has 0 bridgehead atoms. The van der Waals surface area contributed by atoms with Gasteiger partial charge in [-0.1, -0.05) is 42.5 Å². The lowest BCUT2D eigenvalue weighted by Gasteiger charge is -2.01. The van der Waals surface area contributed by atoms with Crippen LogP contribution in [0.1, 0.15) is 0 Å². The van der Waals surface area contributed by atoms with E-state index >= 15 is 0 Å². The first-order chi connectivity index (χ1) is 9.36. The van der Waals surface area contributed by atoms with Crippen molar-refractivity contribution in [3.63, 3.8) is 0 Å². The van der Waals surface area contributed by atoms with Gasteiger partial charge in [-0.2, -0.15) is 0 Å². The summed E-state index contributed by atoms with van der Waals surface area (Å²) in [5.74, 6) is 5.43. The Morgan fingerprint density at radius 2 is 1.74 bits per heavy atom. The Morgan fingerprint density at radius 3 is 2.53 bits per heavy atom. The zero-order valence-electron chi connectivity index (χ0n) is 10.2. The van der Waals surface area contributed by atoms with Gasteiger partial charge in [-0.25, -0.2) is 4.98 Å². The molecule has 0 atom stereocenters. The van der Waals surface area contributed by atoms with Crippen molar-refractivity contribution in [3.8, 4) is 21.8 Å². The Bertz CT molecular complexity index is 677. The normalized spacial score (nSPS) is 10.4. The van der Waals surface area contributed by atoms with Crippen LogP contribution < -0.4 is 11.3 Å². The topological polar surface area (TPSA) is 50.9 Å². The van der Waals surface area contributed by atoms with Gasteiger partial charge in [0.1, 0.15) is 5.01 Å². The Kier molecular flexibility index (Phi) is 3.27. The van der Waals surface area contributed by atoms with E-state index in [2.05, 4.69) is 27.9 Å². The monoisotopic (exact) mass is 267 g/mol. The van der Waals surface area contributed by atoms with E-state index in [0.29, 0.717) is 0 Å². The summed E-state index contributed by atoms with van der Waals surface area (Å²) in [7, 11) is 0. The third-order valence-electron chi connectivity index (χ3n) is 2.85. The molecule has 2 aromatic carbocycles. The number of hydrogen-bond acceptors (Lipinski definition) is 4. The molecule has 19 heavy (non-hydrogen) atoms. The van der Waals surface area contributed by atoms with Crippen molar-refractivity contribution in [1.82, 2.24) is 4.98 Å². The van der Waals surface area contributed by atoms with Crippen LogP contribution in [0.4, 0.5) is 5.69 Å². The Labute approximate surface area is 115 Å². The van der Waals surface area contributed by atoms with Crippen molar-refractivity contribution in [1.29, 1.82) is 0 Å². The van der Waals surface area contributed by atoms with E-state index in [0.717, 1.165) is 27.5 Å². The molecule has 0 saturated carbocycles. The third kappa shape index (κ3) is 2.50. The maximum Gasteiger partial charge on any atom is 0.124 e. The van der Waals surface area contributed by atoms with Crippen molar-refractivity contribution < 1.29 is 0 Å². The molecule has 0 aliphatic carbocycles. The second-order valence-electron chi connectivity index (χ2n) is 4.13. The highest BCUT2D eigenvalue weighted by Crippen LogP contribution is 2.29. The molecule has 4 heteroatoms. The molecule has 0 aliphatic heterocycles. The molecule has 1 heterocycles. The molecule has 0 radical (unpaired) electrons. The molecule has 3 N–H and O–H groups in total. The fourth-order valence-electron chi connectivity index (χ4n) is 1.89. The Hall–Kier alpha value is -2.17. The van der Waals surface area contributed by atoms with Crippen molar-refractivity contribution >= 4 is 17.0 Å². The summed E-state index contributed by atoms with van der Waals surface area (Å²) in [5.41, 5.74) is 6.75. The lowest BCUT2D eigenvalue weighted by Crippen LogP contribution is -2.06. The van der Waals surface area contributed by atoms with E-state index in [9.17, 15) is 0 Å². The lowest BCUT2D eigenvalue weighted by atomic mass is 10.2. The number of benzene rings is 2. The zero-order chi connectivity index (χ0) is 13.1. The van der Waals surface area contributed by atoms with Gasteiger partial charge in [0, 0.05) is 22.2 Å². The van der Waals surface area contributed by atoms with E-state index < -0.39 is 0 Å². The predicted molar refractivity (Wildman–Crippen MR) is 80.8 cm³/mol. The summed E-state index contributed by atoms with van der Waals surface area (Å²) in [6.45, 7) is 0. The van der Waals surface area contributed by atoms with Gasteiger partial charge in [0.05, 0.1) is 5.69 Å².